The Morgan fingerprint density at radius 3 is 2.06 bits per heavy atom. The molecule has 2 heteroatoms. The Morgan fingerprint density at radius 2 is 1.44 bits per heavy atom. The van der Waals surface area contributed by atoms with E-state index in [0.29, 0.717) is 5.92 Å². The SMILES string of the molecule is OC(C1CCCC1)C1(N2CCCCC2)CCCC1. The molecule has 1 saturated heterocycles. The standard InChI is InChI=1S/C16H29NO/c18-15(14-8-2-3-9-14)16(10-4-5-11-16)17-12-6-1-7-13-17/h14-15,18H,1-13H2. The van der Waals surface area contributed by atoms with Crippen molar-refractivity contribution in [1.82, 2.24) is 4.90 Å². The average Bonchev–Trinajstić information content (AvgIpc) is 3.11. The molecule has 1 aliphatic heterocycles. The lowest BCUT2D eigenvalue weighted by molar-refractivity contribution is -0.0652. The fourth-order valence-electron chi connectivity index (χ4n) is 4.84. The molecule has 0 amide bonds. The second kappa shape index (κ2) is 5.50. The van der Waals surface area contributed by atoms with Crippen LogP contribution in [0.3, 0.4) is 0 Å². The Balaban J connectivity index is 1.76. The number of aliphatic hydroxyl groups is 1. The molecule has 104 valence electrons. The van der Waals surface area contributed by atoms with Crippen molar-refractivity contribution in [2.45, 2.75) is 82.3 Å². The molecule has 0 aromatic carbocycles. The largest absolute Gasteiger partial charge is 0.391 e. The summed E-state index contributed by atoms with van der Waals surface area (Å²) in [7, 11) is 0. The van der Waals surface area contributed by atoms with E-state index in [-0.39, 0.29) is 11.6 Å². The molecule has 0 radical (unpaired) electrons. The van der Waals surface area contributed by atoms with E-state index in [0.717, 1.165) is 0 Å². The van der Waals surface area contributed by atoms with Crippen molar-refractivity contribution in [3.05, 3.63) is 0 Å². The molecule has 1 N–H and O–H groups in total. The van der Waals surface area contributed by atoms with Gasteiger partial charge in [-0.15, -0.1) is 0 Å². The van der Waals surface area contributed by atoms with Gasteiger partial charge < -0.3 is 5.11 Å². The maximum absolute atomic E-state index is 11.0. The quantitative estimate of drug-likeness (QED) is 0.831. The van der Waals surface area contributed by atoms with Gasteiger partial charge in [0.1, 0.15) is 0 Å². The second-order valence-corrected chi connectivity index (χ2v) is 6.85. The van der Waals surface area contributed by atoms with Crippen LogP contribution in [0.4, 0.5) is 0 Å². The van der Waals surface area contributed by atoms with Crippen LogP contribution in [0.5, 0.6) is 0 Å². The third kappa shape index (κ3) is 2.22. The van der Waals surface area contributed by atoms with Crippen molar-refractivity contribution in [3.8, 4) is 0 Å². The summed E-state index contributed by atoms with van der Waals surface area (Å²) in [5.41, 5.74) is 0.176. The predicted molar refractivity (Wildman–Crippen MR) is 74.6 cm³/mol. The van der Waals surface area contributed by atoms with Crippen LogP contribution in [-0.4, -0.2) is 34.7 Å². The van der Waals surface area contributed by atoms with E-state index in [4.69, 9.17) is 0 Å². The number of hydrogen-bond donors (Lipinski definition) is 1. The molecule has 1 atom stereocenters. The van der Waals surface area contributed by atoms with Gasteiger partial charge in [-0.05, 0) is 57.5 Å². The van der Waals surface area contributed by atoms with Crippen LogP contribution in [0.2, 0.25) is 0 Å². The minimum atomic E-state index is -0.0411. The number of nitrogens with zero attached hydrogens (tertiary/aromatic N) is 1. The van der Waals surface area contributed by atoms with Crippen LogP contribution in [0.15, 0.2) is 0 Å². The molecule has 3 aliphatic rings. The fraction of sp³-hybridized carbons (Fsp3) is 1.00. The van der Waals surface area contributed by atoms with Crippen molar-refractivity contribution in [2.75, 3.05) is 13.1 Å². The van der Waals surface area contributed by atoms with E-state index in [1.54, 1.807) is 0 Å². The van der Waals surface area contributed by atoms with Crippen LogP contribution in [0.25, 0.3) is 0 Å². The average molecular weight is 251 g/mol. The molecule has 2 aliphatic carbocycles. The maximum Gasteiger partial charge on any atom is 0.0751 e. The summed E-state index contributed by atoms with van der Waals surface area (Å²) < 4.78 is 0. The highest BCUT2D eigenvalue weighted by Crippen LogP contribution is 2.44. The highest BCUT2D eigenvalue weighted by molar-refractivity contribution is 5.03. The molecule has 0 bridgehead atoms. The predicted octanol–water partition coefficient (Wildman–Crippen LogP) is 3.34. The number of aliphatic hydroxyl groups excluding tert-OH is 1. The normalized spacial score (nSPS) is 31.8. The molecule has 3 rings (SSSR count). The van der Waals surface area contributed by atoms with Gasteiger partial charge in [0.25, 0.3) is 0 Å². The summed E-state index contributed by atoms with van der Waals surface area (Å²) >= 11 is 0. The first-order chi connectivity index (χ1) is 8.83. The van der Waals surface area contributed by atoms with Gasteiger partial charge in [0.15, 0.2) is 0 Å². The third-order valence-corrected chi connectivity index (χ3v) is 5.85. The van der Waals surface area contributed by atoms with E-state index < -0.39 is 0 Å². The maximum atomic E-state index is 11.0. The van der Waals surface area contributed by atoms with Gasteiger partial charge in [0.05, 0.1) is 6.10 Å². The number of rotatable bonds is 3. The van der Waals surface area contributed by atoms with Gasteiger partial charge in [-0.2, -0.15) is 0 Å². The molecule has 0 aromatic rings. The summed E-state index contributed by atoms with van der Waals surface area (Å²) in [5.74, 6) is 0.602. The van der Waals surface area contributed by atoms with E-state index in [9.17, 15) is 5.11 Å². The first-order valence-corrected chi connectivity index (χ1v) is 8.26. The van der Waals surface area contributed by atoms with Gasteiger partial charge in [0, 0.05) is 5.54 Å². The van der Waals surface area contributed by atoms with Gasteiger partial charge in [-0.25, -0.2) is 0 Å². The Morgan fingerprint density at radius 1 is 0.833 bits per heavy atom. The minimum absolute atomic E-state index is 0.0411. The van der Waals surface area contributed by atoms with Crippen molar-refractivity contribution >= 4 is 0 Å². The second-order valence-electron chi connectivity index (χ2n) is 6.85. The fourth-order valence-corrected chi connectivity index (χ4v) is 4.84. The molecule has 2 saturated carbocycles. The van der Waals surface area contributed by atoms with E-state index in [1.165, 1.54) is 83.7 Å². The van der Waals surface area contributed by atoms with Crippen LogP contribution in [0, 0.1) is 5.92 Å². The van der Waals surface area contributed by atoms with Gasteiger partial charge in [-0.1, -0.05) is 32.1 Å². The lowest BCUT2D eigenvalue weighted by Crippen LogP contribution is -2.58. The first kappa shape index (κ1) is 12.9. The molecule has 0 spiro atoms. The zero-order chi connectivity index (χ0) is 12.4. The summed E-state index contributed by atoms with van der Waals surface area (Å²) in [6.07, 6.45) is 14.5. The van der Waals surface area contributed by atoms with Crippen LogP contribution < -0.4 is 0 Å². The van der Waals surface area contributed by atoms with Gasteiger partial charge in [-0.3, -0.25) is 4.90 Å². The minimum Gasteiger partial charge on any atom is -0.391 e. The Labute approximate surface area is 112 Å². The van der Waals surface area contributed by atoms with Crippen molar-refractivity contribution in [3.63, 3.8) is 0 Å². The van der Waals surface area contributed by atoms with Crippen molar-refractivity contribution in [1.29, 1.82) is 0 Å². The summed E-state index contributed by atoms with van der Waals surface area (Å²) in [4.78, 5) is 2.69. The van der Waals surface area contributed by atoms with Gasteiger partial charge in [0.2, 0.25) is 0 Å². The number of hydrogen-bond acceptors (Lipinski definition) is 2. The topological polar surface area (TPSA) is 23.5 Å². The molecule has 18 heavy (non-hydrogen) atoms. The summed E-state index contributed by atoms with van der Waals surface area (Å²) in [6, 6.07) is 0. The Kier molecular flexibility index (Phi) is 3.95. The Hall–Kier alpha value is -0.0800. The Bertz CT molecular complexity index is 260. The van der Waals surface area contributed by atoms with Crippen LogP contribution >= 0.6 is 0 Å². The third-order valence-electron chi connectivity index (χ3n) is 5.85. The smallest absolute Gasteiger partial charge is 0.0751 e. The molecular formula is C16H29NO. The number of piperidine rings is 1. The molecule has 1 unspecified atom stereocenters. The lowest BCUT2D eigenvalue weighted by atomic mass is 9.79. The zero-order valence-electron chi connectivity index (χ0n) is 11.7. The molecular weight excluding hydrogens is 222 g/mol. The van der Waals surface area contributed by atoms with Crippen molar-refractivity contribution in [2.24, 2.45) is 5.92 Å². The summed E-state index contributed by atoms with van der Waals surface area (Å²) in [6.45, 7) is 2.48. The lowest BCUT2D eigenvalue weighted by Gasteiger charge is -2.48. The molecule has 2 nitrogen and oxygen atoms in total. The van der Waals surface area contributed by atoms with Crippen LogP contribution in [0.1, 0.15) is 70.6 Å². The zero-order valence-corrected chi connectivity index (χ0v) is 11.7. The summed E-state index contributed by atoms with van der Waals surface area (Å²) in [5, 5.41) is 11.0. The van der Waals surface area contributed by atoms with E-state index in [2.05, 4.69) is 4.90 Å². The van der Waals surface area contributed by atoms with Gasteiger partial charge >= 0.3 is 0 Å². The highest BCUT2D eigenvalue weighted by atomic mass is 16.3. The first-order valence-electron chi connectivity index (χ1n) is 8.26. The molecule has 3 fully saturated rings. The van der Waals surface area contributed by atoms with Crippen LogP contribution in [-0.2, 0) is 0 Å². The van der Waals surface area contributed by atoms with E-state index >= 15 is 0 Å². The van der Waals surface area contributed by atoms with Crippen molar-refractivity contribution < 1.29 is 5.11 Å². The molecule has 1 heterocycles. The molecule has 0 aromatic heterocycles. The number of likely N-dealkylation sites (tertiary alicyclic amines) is 1. The highest BCUT2D eigenvalue weighted by Gasteiger charge is 2.48. The van der Waals surface area contributed by atoms with E-state index in [1.807, 2.05) is 0 Å². The monoisotopic (exact) mass is 251 g/mol.